The number of unbranched alkanes of at least 4 members (excludes halogenated alkanes) is 15. The molecule has 7 N–H and O–H groups in total. The van der Waals surface area contributed by atoms with Crippen LogP contribution in [0.25, 0.3) is 0 Å². The summed E-state index contributed by atoms with van der Waals surface area (Å²) in [6.45, 7) is 1.24. The van der Waals surface area contributed by atoms with Gasteiger partial charge in [-0.15, -0.1) is 0 Å². The molecule has 0 bridgehead atoms. The van der Waals surface area contributed by atoms with Crippen LogP contribution in [-0.4, -0.2) is 110 Å². The van der Waals surface area contributed by atoms with Gasteiger partial charge in [-0.1, -0.05) is 125 Å². The first-order valence-corrected chi connectivity index (χ1v) is 24.7. The van der Waals surface area contributed by atoms with E-state index in [1.165, 1.54) is 38.5 Å². The molecule has 0 aromatic carbocycles. The number of aliphatic hydroxyl groups is 6. The number of aliphatic hydroxyl groups excluding tert-OH is 6. The monoisotopic (exact) mass is 901 g/mol. The van der Waals surface area contributed by atoms with Gasteiger partial charge in [0.25, 0.3) is 0 Å². The summed E-state index contributed by atoms with van der Waals surface area (Å²) in [5.74, 6) is -1.19. The van der Waals surface area contributed by atoms with Gasteiger partial charge < -0.3 is 45.0 Å². The molecule has 1 fully saturated rings. The van der Waals surface area contributed by atoms with Crippen molar-refractivity contribution in [2.24, 2.45) is 0 Å². The van der Waals surface area contributed by atoms with Crippen LogP contribution in [0.15, 0.2) is 60.8 Å². The third-order valence-corrected chi connectivity index (χ3v) is 11.4. The van der Waals surface area contributed by atoms with Gasteiger partial charge in [-0.05, 0) is 83.5 Å². The van der Waals surface area contributed by atoms with Gasteiger partial charge in [0.1, 0.15) is 43.2 Å². The van der Waals surface area contributed by atoms with Gasteiger partial charge >= 0.3 is 19.8 Å². The lowest BCUT2D eigenvalue weighted by Gasteiger charge is -2.41. The summed E-state index contributed by atoms with van der Waals surface area (Å²) < 4.78 is 33.4. The van der Waals surface area contributed by atoms with Crippen LogP contribution in [0.5, 0.6) is 0 Å². The van der Waals surface area contributed by atoms with E-state index in [2.05, 4.69) is 55.5 Å². The van der Waals surface area contributed by atoms with Crippen LogP contribution in [0.3, 0.4) is 0 Å². The Morgan fingerprint density at radius 1 is 0.532 bits per heavy atom. The van der Waals surface area contributed by atoms with Crippen molar-refractivity contribution in [2.45, 2.75) is 204 Å². The van der Waals surface area contributed by atoms with E-state index in [0.717, 1.165) is 83.5 Å². The Morgan fingerprint density at radius 2 is 0.952 bits per heavy atom. The Balaban J connectivity index is 2.51. The summed E-state index contributed by atoms with van der Waals surface area (Å²) in [5.41, 5.74) is 0. The molecule has 14 nitrogen and oxygen atoms in total. The molecule has 1 aliphatic carbocycles. The van der Waals surface area contributed by atoms with Gasteiger partial charge in [0.2, 0.25) is 0 Å². The second kappa shape index (κ2) is 37.8. The molecule has 0 aromatic heterocycles. The third kappa shape index (κ3) is 29.8. The molecule has 0 saturated heterocycles. The summed E-state index contributed by atoms with van der Waals surface area (Å²) in [6.07, 6.45) is 30.0. The van der Waals surface area contributed by atoms with Crippen LogP contribution in [0.1, 0.15) is 161 Å². The standard InChI is InChI=1S/C47H81O14P/c1-2-3-4-5-6-7-8-9-13-16-19-22-25-28-31-34-40(49)58-37-39(38-59-62(56,57)61-47-45(54)43(52)42(51)44(53)46(47)55)60-41(50)35-32-29-26-23-20-17-14-11-10-12-15-18-21-24-27-30-33-36-48/h9-10,12-14,17-18,21,23,26,39,42-48,51-55H,2-8,11,15-16,19-20,22,24-25,27-38H2,1H3,(H,56,57)/b12-10-,13-9-,17-14-,21-18-,26-23-. The Hall–Kier alpha value is -2.49. The van der Waals surface area contributed by atoms with E-state index in [0.29, 0.717) is 19.3 Å². The number of carbonyl (C=O) groups is 2. The van der Waals surface area contributed by atoms with E-state index in [1.54, 1.807) is 0 Å². The van der Waals surface area contributed by atoms with E-state index in [1.807, 2.05) is 12.2 Å². The Labute approximate surface area is 371 Å². The lowest BCUT2D eigenvalue weighted by Crippen LogP contribution is -2.64. The Kier molecular flexibility index (Phi) is 35.1. The van der Waals surface area contributed by atoms with Crippen molar-refractivity contribution in [2.75, 3.05) is 19.8 Å². The minimum atomic E-state index is -5.14. The Morgan fingerprint density at radius 3 is 1.48 bits per heavy atom. The van der Waals surface area contributed by atoms with Crippen molar-refractivity contribution < 1.29 is 68.2 Å². The lowest BCUT2D eigenvalue weighted by molar-refractivity contribution is -0.220. The molecule has 0 spiro atoms. The summed E-state index contributed by atoms with van der Waals surface area (Å²) in [4.78, 5) is 35.7. The highest BCUT2D eigenvalue weighted by Gasteiger charge is 2.51. The van der Waals surface area contributed by atoms with Crippen LogP contribution in [0.4, 0.5) is 0 Å². The quantitative estimate of drug-likeness (QED) is 0.0135. The fourth-order valence-electron chi connectivity index (χ4n) is 6.61. The molecule has 62 heavy (non-hydrogen) atoms. The molecular formula is C47H81O14P. The van der Waals surface area contributed by atoms with Crippen molar-refractivity contribution in [3.8, 4) is 0 Å². The van der Waals surface area contributed by atoms with Gasteiger partial charge in [0, 0.05) is 19.4 Å². The van der Waals surface area contributed by atoms with Gasteiger partial charge in [0.05, 0.1) is 6.61 Å². The SMILES string of the molecule is CCCCCCCC/C=C\CCCCCCCC(=O)OCC(COP(=O)(O)OC1C(O)C(O)C(O)C(O)C1O)OC(=O)CCC/C=C\C/C=C\C/C=C\C/C=C\CCCCCO. The maximum atomic E-state index is 12.8. The van der Waals surface area contributed by atoms with E-state index in [4.69, 9.17) is 23.6 Å². The molecule has 0 heterocycles. The predicted molar refractivity (Wildman–Crippen MR) is 241 cm³/mol. The molecule has 1 aliphatic rings. The van der Waals surface area contributed by atoms with Gasteiger partial charge in [-0.2, -0.15) is 0 Å². The van der Waals surface area contributed by atoms with E-state index >= 15 is 0 Å². The molecule has 0 aliphatic heterocycles. The first kappa shape index (κ1) is 57.5. The molecule has 0 radical (unpaired) electrons. The predicted octanol–water partition coefficient (Wildman–Crippen LogP) is 7.92. The Bertz CT molecular complexity index is 1320. The molecule has 358 valence electrons. The number of hydrogen-bond acceptors (Lipinski definition) is 13. The summed E-state index contributed by atoms with van der Waals surface area (Å²) in [6, 6.07) is 0. The number of hydrogen-bond donors (Lipinski definition) is 7. The minimum Gasteiger partial charge on any atom is -0.462 e. The van der Waals surface area contributed by atoms with Crippen LogP contribution >= 0.6 is 7.82 Å². The van der Waals surface area contributed by atoms with E-state index in [9.17, 15) is 44.6 Å². The highest BCUT2D eigenvalue weighted by Crippen LogP contribution is 2.47. The topological polar surface area (TPSA) is 230 Å². The third-order valence-electron chi connectivity index (χ3n) is 10.4. The second-order valence-electron chi connectivity index (χ2n) is 16.0. The molecule has 1 rings (SSSR count). The van der Waals surface area contributed by atoms with Crippen molar-refractivity contribution >= 4 is 19.8 Å². The minimum absolute atomic E-state index is 0.00723. The van der Waals surface area contributed by atoms with Crippen LogP contribution < -0.4 is 0 Å². The highest BCUT2D eigenvalue weighted by atomic mass is 31.2. The fraction of sp³-hybridized carbons (Fsp3) is 0.745. The number of ether oxygens (including phenoxy) is 2. The smallest absolute Gasteiger partial charge is 0.462 e. The maximum absolute atomic E-state index is 12.8. The average Bonchev–Trinajstić information content (AvgIpc) is 3.25. The molecule has 6 unspecified atom stereocenters. The lowest BCUT2D eigenvalue weighted by atomic mass is 9.85. The normalized spacial score (nSPS) is 22.4. The van der Waals surface area contributed by atoms with Gasteiger partial charge in [-0.3, -0.25) is 18.6 Å². The second-order valence-corrected chi connectivity index (χ2v) is 17.4. The maximum Gasteiger partial charge on any atom is 0.472 e. The van der Waals surface area contributed by atoms with Crippen LogP contribution in [-0.2, 0) is 32.7 Å². The van der Waals surface area contributed by atoms with Crippen molar-refractivity contribution in [1.82, 2.24) is 0 Å². The van der Waals surface area contributed by atoms with Crippen molar-refractivity contribution in [3.63, 3.8) is 0 Å². The van der Waals surface area contributed by atoms with Gasteiger partial charge in [0.15, 0.2) is 6.10 Å². The first-order chi connectivity index (χ1) is 29.9. The van der Waals surface area contributed by atoms with Gasteiger partial charge in [-0.25, -0.2) is 4.57 Å². The number of carbonyl (C=O) groups excluding carboxylic acids is 2. The molecule has 15 heteroatoms. The number of rotatable bonds is 38. The van der Waals surface area contributed by atoms with Crippen molar-refractivity contribution in [3.05, 3.63) is 60.8 Å². The summed E-state index contributed by atoms with van der Waals surface area (Å²) >= 11 is 0. The largest absolute Gasteiger partial charge is 0.472 e. The van der Waals surface area contributed by atoms with E-state index in [-0.39, 0.29) is 19.4 Å². The number of phosphoric ester groups is 1. The van der Waals surface area contributed by atoms with Crippen molar-refractivity contribution in [1.29, 1.82) is 0 Å². The molecule has 0 amide bonds. The zero-order valence-electron chi connectivity index (χ0n) is 37.3. The molecule has 0 aromatic rings. The summed E-state index contributed by atoms with van der Waals surface area (Å²) in [5, 5.41) is 58.9. The molecule has 6 atom stereocenters. The van der Waals surface area contributed by atoms with Crippen LogP contribution in [0, 0.1) is 0 Å². The molecular weight excluding hydrogens is 819 g/mol. The average molecular weight is 901 g/mol. The highest BCUT2D eigenvalue weighted by molar-refractivity contribution is 7.47. The number of allylic oxidation sites excluding steroid dienone is 10. The van der Waals surface area contributed by atoms with E-state index < -0.39 is 75.7 Å². The zero-order chi connectivity index (χ0) is 45.7. The summed E-state index contributed by atoms with van der Waals surface area (Å²) in [7, 11) is -5.14. The zero-order valence-corrected chi connectivity index (χ0v) is 38.2. The molecule has 1 saturated carbocycles. The van der Waals surface area contributed by atoms with Crippen LogP contribution in [0.2, 0.25) is 0 Å². The first-order valence-electron chi connectivity index (χ1n) is 23.2. The number of esters is 2. The number of phosphoric acid groups is 1. The fourth-order valence-corrected chi connectivity index (χ4v) is 7.58.